The van der Waals surface area contributed by atoms with E-state index in [2.05, 4.69) is 17.1 Å². The first-order chi connectivity index (χ1) is 9.39. The van der Waals surface area contributed by atoms with Gasteiger partial charge in [0.25, 0.3) is 0 Å². The second-order valence-electron chi connectivity index (χ2n) is 6.05. The number of methoxy groups -OCH3 is 1. The Balaban J connectivity index is 2.72. The van der Waals surface area contributed by atoms with Crippen molar-refractivity contribution in [1.82, 2.24) is 10.2 Å². The van der Waals surface area contributed by atoms with Crippen LogP contribution in [-0.2, 0) is 14.3 Å². The van der Waals surface area contributed by atoms with E-state index in [1.54, 1.807) is 7.11 Å². The van der Waals surface area contributed by atoms with E-state index in [-0.39, 0.29) is 11.6 Å². The minimum Gasteiger partial charge on any atom is -0.465 e. The summed E-state index contributed by atoms with van der Waals surface area (Å²) in [5.74, 6) is -0.174. The van der Waals surface area contributed by atoms with Crippen LogP contribution in [0.3, 0.4) is 0 Å². The molecule has 0 aromatic rings. The molecule has 1 aliphatic heterocycles. The highest BCUT2D eigenvalue weighted by molar-refractivity contribution is 5.80. The van der Waals surface area contributed by atoms with Crippen molar-refractivity contribution in [3.63, 3.8) is 0 Å². The lowest BCUT2D eigenvalue weighted by Gasteiger charge is -2.42. The molecule has 5 nitrogen and oxygen atoms in total. The molecule has 2 unspecified atom stereocenters. The number of nitrogens with one attached hydrogen (secondary N) is 1. The van der Waals surface area contributed by atoms with Crippen molar-refractivity contribution in [3.8, 4) is 0 Å². The van der Waals surface area contributed by atoms with Gasteiger partial charge in [0.15, 0.2) is 0 Å². The zero-order valence-corrected chi connectivity index (χ0v) is 13.6. The Kier molecular flexibility index (Phi) is 6.43. The number of piperidine rings is 1. The van der Waals surface area contributed by atoms with Crippen molar-refractivity contribution in [1.29, 1.82) is 0 Å². The molecule has 0 saturated carbocycles. The van der Waals surface area contributed by atoms with E-state index in [9.17, 15) is 4.79 Å². The lowest BCUT2D eigenvalue weighted by atomic mass is 9.92. The molecule has 1 saturated heterocycles. The van der Waals surface area contributed by atoms with Gasteiger partial charge in [0.1, 0.15) is 5.54 Å². The summed E-state index contributed by atoms with van der Waals surface area (Å²) in [6.45, 7) is 11.6. The maximum absolute atomic E-state index is 12.2. The Labute approximate surface area is 123 Å². The molecule has 1 N–H and O–H groups in total. The van der Waals surface area contributed by atoms with Crippen LogP contribution in [0.15, 0.2) is 0 Å². The lowest BCUT2D eigenvalue weighted by molar-refractivity contribution is -0.152. The molecule has 1 heterocycles. The Morgan fingerprint density at radius 1 is 1.45 bits per heavy atom. The average Bonchev–Trinajstić information content (AvgIpc) is 2.39. The molecular formula is C15H30N2O3. The Hall–Kier alpha value is -0.650. The molecule has 0 aromatic heterocycles. The van der Waals surface area contributed by atoms with E-state index >= 15 is 0 Å². The van der Waals surface area contributed by atoms with Crippen molar-refractivity contribution >= 4 is 5.97 Å². The number of likely N-dealkylation sites (tertiary alicyclic amines) is 1. The van der Waals surface area contributed by atoms with Crippen molar-refractivity contribution in [2.24, 2.45) is 0 Å². The Morgan fingerprint density at radius 3 is 2.70 bits per heavy atom. The molecule has 0 radical (unpaired) electrons. The van der Waals surface area contributed by atoms with Crippen LogP contribution in [-0.4, -0.2) is 61.9 Å². The summed E-state index contributed by atoms with van der Waals surface area (Å²) in [4.78, 5) is 14.5. The summed E-state index contributed by atoms with van der Waals surface area (Å²) in [6, 6.07) is 0. The van der Waals surface area contributed by atoms with Crippen molar-refractivity contribution in [2.45, 2.75) is 51.7 Å². The normalized spacial score (nSPS) is 27.1. The molecule has 0 aliphatic carbocycles. The lowest BCUT2D eigenvalue weighted by Crippen LogP contribution is -2.60. The first-order valence-corrected chi connectivity index (χ1v) is 7.59. The van der Waals surface area contributed by atoms with Gasteiger partial charge in [-0.2, -0.15) is 0 Å². The number of hydrogen-bond acceptors (Lipinski definition) is 5. The van der Waals surface area contributed by atoms with E-state index in [4.69, 9.17) is 9.47 Å². The van der Waals surface area contributed by atoms with Gasteiger partial charge in [-0.15, -0.1) is 0 Å². The van der Waals surface area contributed by atoms with Crippen LogP contribution in [0.5, 0.6) is 0 Å². The summed E-state index contributed by atoms with van der Waals surface area (Å²) < 4.78 is 10.8. The third-order valence-electron chi connectivity index (χ3n) is 4.06. The number of carbonyl (C=O) groups excluding carboxylic acids is 1. The molecule has 5 heteroatoms. The van der Waals surface area contributed by atoms with Crippen LogP contribution in [0.4, 0.5) is 0 Å². The quantitative estimate of drug-likeness (QED) is 0.717. The van der Waals surface area contributed by atoms with Gasteiger partial charge in [-0.25, -0.2) is 0 Å². The third-order valence-corrected chi connectivity index (χ3v) is 4.06. The van der Waals surface area contributed by atoms with E-state index < -0.39 is 5.54 Å². The smallest absolute Gasteiger partial charge is 0.327 e. The van der Waals surface area contributed by atoms with Gasteiger partial charge < -0.3 is 14.8 Å². The maximum Gasteiger partial charge on any atom is 0.327 e. The van der Waals surface area contributed by atoms with Crippen LogP contribution >= 0.6 is 0 Å². The molecule has 0 amide bonds. The second kappa shape index (κ2) is 7.38. The third kappa shape index (κ3) is 4.43. The summed E-state index contributed by atoms with van der Waals surface area (Å²) in [7, 11) is 1.76. The van der Waals surface area contributed by atoms with Crippen molar-refractivity contribution in [3.05, 3.63) is 0 Å². The highest BCUT2D eigenvalue weighted by Crippen LogP contribution is 2.25. The molecule has 1 rings (SSSR count). The molecule has 2 atom stereocenters. The summed E-state index contributed by atoms with van der Waals surface area (Å²) >= 11 is 0. The maximum atomic E-state index is 12.2. The minimum absolute atomic E-state index is 0.111. The van der Waals surface area contributed by atoms with Crippen LogP contribution in [0, 0.1) is 0 Å². The SMILES string of the molecule is CCNC(C)(CN1CCCC(C)(OC)C1)C(=O)OCC. The highest BCUT2D eigenvalue weighted by atomic mass is 16.5. The monoisotopic (exact) mass is 286 g/mol. The van der Waals surface area contributed by atoms with Crippen LogP contribution in [0.1, 0.15) is 40.5 Å². The second-order valence-corrected chi connectivity index (χ2v) is 6.05. The predicted molar refractivity (Wildman–Crippen MR) is 79.8 cm³/mol. The van der Waals surface area contributed by atoms with E-state index in [0.717, 1.165) is 32.5 Å². The zero-order chi connectivity index (χ0) is 15.2. The average molecular weight is 286 g/mol. The van der Waals surface area contributed by atoms with Crippen molar-refractivity contribution < 1.29 is 14.3 Å². The van der Waals surface area contributed by atoms with Crippen LogP contribution in [0.25, 0.3) is 0 Å². The predicted octanol–water partition coefficient (Wildman–Crippen LogP) is 1.42. The largest absolute Gasteiger partial charge is 0.465 e. The fourth-order valence-electron chi connectivity index (χ4n) is 2.93. The Morgan fingerprint density at radius 2 is 2.15 bits per heavy atom. The zero-order valence-electron chi connectivity index (χ0n) is 13.6. The van der Waals surface area contributed by atoms with Gasteiger partial charge >= 0.3 is 5.97 Å². The van der Waals surface area contributed by atoms with Gasteiger partial charge in [0.05, 0.1) is 12.2 Å². The molecule has 0 bridgehead atoms. The first kappa shape index (κ1) is 17.4. The number of hydrogen-bond donors (Lipinski definition) is 1. The number of esters is 1. The Bertz CT molecular complexity index is 324. The first-order valence-electron chi connectivity index (χ1n) is 7.59. The fourth-order valence-corrected chi connectivity index (χ4v) is 2.93. The standard InChI is InChI=1S/C15H30N2O3/c1-6-16-15(4,13(18)20-7-2)12-17-10-8-9-14(3,11-17)19-5/h16H,6-12H2,1-5H3. The highest BCUT2D eigenvalue weighted by Gasteiger charge is 2.39. The van der Waals surface area contributed by atoms with Crippen LogP contribution in [0.2, 0.25) is 0 Å². The summed E-state index contributed by atoms with van der Waals surface area (Å²) in [6.07, 6.45) is 2.16. The molecular weight excluding hydrogens is 256 g/mol. The fraction of sp³-hybridized carbons (Fsp3) is 0.933. The minimum atomic E-state index is -0.656. The van der Waals surface area contributed by atoms with Crippen molar-refractivity contribution in [2.75, 3.05) is 39.9 Å². The molecule has 1 fully saturated rings. The van der Waals surface area contributed by atoms with E-state index in [1.165, 1.54) is 0 Å². The van der Waals surface area contributed by atoms with Gasteiger partial charge in [0, 0.05) is 20.2 Å². The summed E-state index contributed by atoms with van der Waals surface area (Å²) in [5.41, 5.74) is -0.767. The molecule has 0 spiro atoms. The van der Waals surface area contributed by atoms with Gasteiger partial charge in [-0.3, -0.25) is 9.69 Å². The molecule has 1 aliphatic rings. The van der Waals surface area contributed by atoms with Gasteiger partial charge in [0.2, 0.25) is 0 Å². The summed E-state index contributed by atoms with van der Waals surface area (Å²) in [5, 5.41) is 3.28. The van der Waals surface area contributed by atoms with E-state index in [0.29, 0.717) is 13.2 Å². The van der Waals surface area contributed by atoms with E-state index in [1.807, 2.05) is 20.8 Å². The number of ether oxygens (including phenoxy) is 2. The van der Waals surface area contributed by atoms with Gasteiger partial charge in [-0.1, -0.05) is 6.92 Å². The number of nitrogens with zero attached hydrogens (tertiary/aromatic N) is 1. The molecule has 20 heavy (non-hydrogen) atoms. The van der Waals surface area contributed by atoms with Gasteiger partial charge in [-0.05, 0) is 46.7 Å². The topological polar surface area (TPSA) is 50.8 Å². The number of carbonyl (C=O) groups is 1. The molecule has 118 valence electrons. The molecule has 0 aromatic carbocycles. The van der Waals surface area contributed by atoms with Crippen LogP contribution < -0.4 is 5.32 Å². The number of likely N-dealkylation sites (N-methyl/N-ethyl adjacent to an activating group) is 1. The number of rotatable bonds is 7.